The Balaban J connectivity index is 1.73. The molecule has 1 saturated carbocycles. The molecule has 1 aliphatic carbocycles. The number of rotatable bonds is 8. The second-order valence-corrected chi connectivity index (χ2v) is 5.62. The largest absolute Gasteiger partial charge is 0.494 e. The van der Waals surface area contributed by atoms with E-state index in [9.17, 15) is 5.26 Å². The van der Waals surface area contributed by atoms with E-state index in [2.05, 4.69) is 11.4 Å². The third kappa shape index (κ3) is 4.52. The number of benzene rings is 1. The summed E-state index contributed by atoms with van der Waals surface area (Å²) in [4.78, 5) is 0. The molecule has 1 aromatic rings. The van der Waals surface area contributed by atoms with Gasteiger partial charge in [0.05, 0.1) is 19.3 Å². The van der Waals surface area contributed by atoms with E-state index in [1.54, 1.807) is 0 Å². The van der Waals surface area contributed by atoms with Crippen LogP contribution in [0.25, 0.3) is 0 Å². The van der Waals surface area contributed by atoms with Gasteiger partial charge in [0, 0.05) is 6.04 Å². The molecule has 0 amide bonds. The average Bonchev–Trinajstić information content (AvgIpc) is 3.28. The first kappa shape index (κ1) is 14.8. The molecule has 0 aromatic heterocycles. The minimum atomic E-state index is -0.447. The lowest BCUT2D eigenvalue weighted by Gasteiger charge is -2.23. The number of nitrogens with zero attached hydrogens (tertiary/aromatic N) is 1. The maximum absolute atomic E-state index is 9.27. The van der Waals surface area contributed by atoms with E-state index in [1.165, 1.54) is 12.8 Å². The molecule has 4 heteroatoms. The van der Waals surface area contributed by atoms with Crippen LogP contribution in [0.4, 0.5) is 0 Å². The Morgan fingerprint density at radius 2 is 2.30 bits per heavy atom. The Morgan fingerprint density at radius 1 is 1.50 bits per heavy atom. The van der Waals surface area contributed by atoms with Gasteiger partial charge in [0.2, 0.25) is 0 Å². The molecule has 0 saturated heterocycles. The second-order valence-electron chi connectivity index (χ2n) is 5.62. The number of aliphatic hydroxyl groups excluding tert-OH is 1. The summed E-state index contributed by atoms with van der Waals surface area (Å²) in [7, 11) is 0. The lowest BCUT2D eigenvalue weighted by atomic mass is 9.98. The van der Waals surface area contributed by atoms with Crippen molar-refractivity contribution >= 4 is 0 Å². The van der Waals surface area contributed by atoms with E-state index >= 15 is 0 Å². The van der Waals surface area contributed by atoms with Crippen LogP contribution in [0.15, 0.2) is 24.3 Å². The fraction of sp³-hybridized carbons (Fsp3) is 0.562. The number of ether oxygens (including phenoxy) is 1. The van der Waals surface area contributed by atoms with Crippen molar-refractivity contribution in [2.45, 2.75) is 50.8 Å². The first-order valence-corrected chi connectivity index (χ1v) is 7.17. The third-order valence-corrected chi connectivity index (χ3v) is 3.52. The van der Waals surface area contributed by atoms with Crippen LogP contribution >= 0.6 is 0 Å². The van der Waals surface area contributed by atoms with Crippen molar-refractivity contribution in [1.82, 2.24) is 5.32 Å². The highest BCUT2D eigenvalue weighted by Crippen LogP contribution is 2.24. The van der Waals surface area contributed by atoms with Gasteiger partial charge < -0.3 is 9.84 Å². The van der Waals surface area contributed by atoms with Gasteiger partial charge >= 0.3 is 0 Å². The second kappa shape index (κ2) is 6.74. The number of nitriles is 1. The fourth-order valence-corrected chi connectivity index (χ4v) is 2.19. The van der Waals surface area contributed by atoms with Crippen molar-refractivity contribution in [2.75, 3.05) is 6.61 Å². The number of hydrogen-bond donors (Lipinski definition) is 2. The lowest BCUT2D eigenvalue weighted by molar-refractivity contribution is 0.274. The van der Waals surface area contributed by atoms with Crippen LogP contribution in [0.5, 0.6) is 5.75 Å². The van der Waals surface area contributed by atoms with E-state index in [0.717, 1.165) is 24.2 Å². The molecular weight excluding hydrogens is 252 g/mol. The summed E-state index contributed by atoms with van der Waals surface area (Å²) in [6.07, 6.45) is 3.97. The van der Waals surface area contributed by atoms with Crippen LogP contribution in [-0.4, -0.2) is 23.3 Å². The molecule has 0 heterocycles. The summed E-state index contributed by atoms with van der Waals surface area (Å²) in [6, 6.07) is 10.3. The highest BCUT2D eigenvalue weighted by Gasteiger charge is 2.31. The zero-order valence-corrected chi connectivity index (χ0v) is 11.9. The Hall–Kier alpha value is -1.57. The van der Waals surface area contributed by atoms with Crippen molar-refractivity contribution in [2.24, 2.45) is 0 Å². The van der Waals surface area contributed by atoms with Crippen LogP contribution in [0.3, 0.4) is 0 Å². The van der Waals surface area contributed by atoms with Gasteiger partial charge in [0.25, 0.3) is 0 Å². The van der Waals surface area contributed by atoms with E-state index in [1.807, 2.05) is 31.2 Å². The van der Waals surface area contributed by atoms with Crippen molar-refractivity contribution in [1.29, 1.82) is 5.26 Å². The Bertz CT molecular complexity index is 480. The molecule has 1 unspecified atom stereocenters. The van der Waals surface area contributed by atoms with Crippen LogP contribution in [0, 0.1) is 11.3 Å². The summed E-state index contributed by atoms with van der Waals surface area (Å²) in [5.41, 5.74) is 0.400. The molecule has 4 nitrogen and oxygen atoms in total. The van der Waals surface area contributed by atoms with Crippen LogP contribution < -0.4 is 10.1 Å². The van der Waals surface area contributed by atoms with Crippen LogP contribution in [0.2, 0.25) is 0 Å². The molecule has 0 bridgehead atoms. The zero-order valence-electron chi connectivity index (χ0n) is 11.9. The molecule has 2 rings (SSSR count). The van der Waals surface area contributed by atoms with Gasteiger partial charge in [-0.1, -0.05) is 12.1 Å². The Labute approximate surface area is 120 Å². The van der Waals surface area contributed by atoms with E-state index < -0.39 is 5.54 Å². The van der Waals surface area contributed by atoms with E-state index in [0.29, 0.717) is 12.6 Å². The minimum Gasteiger partial charge on any atom is -0.494 e. The van der Waals surface area contributed by atoms with Gasteiger partial charge in [-0.3, -0.25) is 5.32 Å². The van der Waals surface area contributed by atoms with Gasteiger partial charge in [0.1, 0.15) is 11.3 Å². The maximum Gasteiger partial charge on any atom is 0.119 e. The fourth-order valence-electron chi connectivity index (χ4n) is 2.19. The summed E-state index contributed by atoms with van der Waals surface area (Å²) in [6.45, 7) is 2.56. The molecule has 2 N–H and O–H groups in total. The molecule has 108 valence electrons. The summed E-state index contributed by atoms with van der Waals surface area (Å²) < 4.78 is 5.66. The Morgan fingerprint density at radius 3 is 2.95 bits per heavy atom. The normalized spacial score (nSPS) is 17.2. The van der Waals surface area contributed by atoms with Crippen LogP contribution in [0.1, 0.15) is 38.2 Å². The first-order chi connectivity index (χ1) is 9.65. The molecule has 1 aliphatic rings. The predicted octanol–water partition coefficient (Wildman–Crippen LogP) is 2.37. The van der Waals surface area contributed by atoms with E-state index in [4.69, 9.17) is 9.84 Å². The number of hydrogen-bond acceptors (Lipinski definition) is 4. The SMILES string of the molecule is CC(C#N)(CCCOc1cccc(CO)c1)NC1CC1. The summed E-state index contributed by atoms with van der Waals surface area (Å²) >= 11 is 0. The van der Waals surface area contributed by atoms with Crippen molar-refractivity contribution in [3.63, 3.8) is 0 Å². The smallest absolute Gasteiger partial charge is 0.119 e. The molecule has 0 aliphatic heterocycles. The monoisotopic (exact) mass is 274 g/mol. The predicted molar refractivity (Wildman–Crippen MR) is 77.3 cm³/mol. The molecule has 1 aromatic carbocycles. The highest BCUT2D eigenvalue weighted by molar-refractivity contribution is 5.27. The molecular formula is C16H22N2O2. The zero-order chi connectivity index (χ0) is 14.4. The molecule has 0 radical (unpaired) electrons. The average molecular weight is 274 g/mol. The van der Waals surface area contributed by atoms with Crippen molar-refractivity contribution in [3.05, 3.63) is 29.8 Å². The standard InChI is InChI=1S/C16H22N2O2/c1-16(12-17,18-14-6-7-14)8-3-9-20-15-5-2-4-13(10-15)11-19/h2,4-5,10,14,18-19H,3,6-9,11H2,1H3. The van der Waals surface area contributed by atoms with Crippen LogP contribution in [-0.2, 0) is 6.61 Å². The maximum atomic E-state index is 9.27. The summed E-state index contributed by atoms with van der Waals surface area (Å²) in [5, 5.41) is 21.7. The minimum absolute atomic E-state index is 0.0228. The molecule has 0 spiro atoms. The molecule has 1 atom stereocenters. The molecule has 1 fully saturated rings. The van der Waals surface area contributed by atoms with E-state index in [-0.39, 0.29) is 6.61 Å². The quantitative estimate of drug-likeness (QED) is 0.714. The Kier molecular flexibility index (Phi) is 4.99. The van der Waals surface area contributed by atoms with Gasteiger partial charge in [-0.25, -0.2) is 0 Å². The number of aliphatic hydroxyl groups is 1. The van der Waals surface area contributed by atoms with Gasteiger partial charge in [-0.15, -0.1) is 0 Å². The summed E-state index contributed by atoms with van der Waals surface area (Å²) in [5.74, 6) is 0.769. The van der Waals surface area contributed by atoms with Crippen molar-refractivity contribution in [3.8, 4) is 11.8 Å². The van der Waals surface area contributed by atoms with Gasteiger partial charge in [-0.2, -0.15) is 5.26 Å². The first-order valence-electron chi connectivity index (χ1n) is 7.17. The van der Waals surface area contributed by atoms with Crippen molar-refractivity contribution < 1.29 is 9.84 Å². The lowest BCUT2D eigenvalue weighted by Crippen LogP contribution is -2.42. The highest BCUT2D eigenvalue weighted by atomic mass is 16.5. The number of nitrogens with one attached hydrogen (secondary N) is 1. The molecule has 20 heavy (non-hydrogen) atoms. The van der Waals surface area contributed by atoms with Gasteiger partial charge in [0.15, 0.2) is 0 Å². The topological polar surface area (TPSA) is 65.3 Å². The van der Waals surface area contributed by atoms with Gasteiger partial charge in [-0.05, 0) is 50.3 Å². The third-order valence-electron chi connectivity index (χ3n) is 3.52.